The molecule has 2 nitrogen and oxygen atoms in total. The maximum atomic E-state index is 12.8. The predicted octanol–water partition coefficient (Wildman–Crippen LogP) is 2.97. The number of benzene rings is 1. The van der Waals surface area contributed by atoms with Gasteiger partial charge >= 0.3 is 0 Å². The second kappa shape index (κ2) is 5.62. The van der Waals surface area contributed by atoms with Crippen LogP contribution in [0.15, 0.2) is 18.2 Å². The number of halogens is 2. The van der Waals surface area contributed by atoms with Gasteiger partial charge in [-0.15, -0.1) is 0 Å². The molecular weight excluding hydrogens is 227 g/mol. The maximum Gasteiger partial charge on any atom is 0.124 e. The average Bonchev–Trinajstić information content (AvgIpc) is 2.29. The molecule has 1 aromatic rings. The Balaban J connectivity index is 1.88. The normalized spacial score (nSPS) is 17.6. The molecular formula is C12H16ClFN2. The van der Waals surface area contributed by atoms with Crippen LogP contribution in [0.2, 0.25) is 5.02 Å². The van der Waals surface area contributed by atoms with Crippen molar-refractivity contribution in [3.63, 3.8) is 0 Å². The van der Waals surface area contributed by atoms with Gasteiger partial charge in [0.2, 0.25) is 0 Å². The minimum Gasteiger partial charge on any atom is -0.251 e. The Morgan fingerprint density at radius 2 is 2.00 bits per heavy atom. The predicted molar refractivity (Wildman–Crippen MR) is 63.7 cm³/mol. The Kier molecular flexibility index (Phi) is 4.16. The van der Waals surface area contributed by atoms with E-state index in [1.165, 1.54) is 31.4 Å². The quantitative estimate of drug-likeness (QED) is 0.877. The highest BCUT2D eigenvalue weighted by Crippen LogP contribution is 2.17. The first-order valence-corrected chi connectivity index (χ1v) is 6.06. The molecule has 0 aliphatic carbocycles. The fourth-order valence-electron chi connectivity index (χ4n) is 1.91. The molecule has 0 saturated carbocycles. The van der Waals surface area contributed by atoms with Gasteiger partial charge in [0.15, 0.2) is 0 Å². The van der Waals surface area contributed by atoms with E-state index in [0.29, 0.717) is 11.6 Å². The Bertz CT molecular complexity index is 351. The van der Waals surface area contributed by atoms with Crippen molar-refractivity contribution in [1.29, 1.82) is 0 Å². The molecule has 0 spiro atoms. The smallest absolute Gasteiger partial charge is 0.124 e. The summed E-state index contributed by atoms with van der Waals surface area (Å²) in [6.07, 6.45) is 3.80. The Morgan fingerprint density at radius 3 is 2.69 bits per heavy atom. The number of nitrogens with one attached hydrogen (secondary N) is 1. The number of rotatable bonds is 3. The molecule has 88 valence electrons. The first-order chi connectivity index (χ1) is 7.75. The summed E-state index contributed by atoms with van der Waals surface area (Å²) < 4.78 is 12.8. The van der Waals surface area contributed by atoms with Gasteiger partial charge in [-0.25, -0.2) is 9.40 Å². The van der Waals surface area contributed by atoms with Crippen molar-refractivity contribution >= 4 is 11.6 Å². The van der Waals surface area contributed by atoms with E-state index in [1.807, 2.05) is 0 Å². The van der Waals surface area contributed by atoms with Gasteiger partial charge in [0, 0.05) is 24.7 Å². The van der Waals surface area contributed by atoms with E-state index in [1.54, 1.807) is 6.07 Å². The molecule has 0 bridgehead atoms. The third kappa shape index (κ3) is 3.17. The molecule has 0 radical (unpaired) electrons. The molecule has 1 N–H and O–H groups in total. The maximum absolute atomic E-state index is 12.8. The zero-order valence-corrected chi connectivity index (χ0v) is 9.93. The third-order valence-corrected chi connectivity index (χ3v) is 3.22. The van der Waals surface area contributed by atoms with Crippen molar-refractivity contribution in [2.45, 2.75) is 25.8 Å². The monoisotopic (exact) mass is 242 g/mol. The van der Waals surface area contributed by atoms with E-state index in [9.17, 15) is 4.39 Å². The second-order valence-corrected chi connectivity index (χ2v) is 4.53. The van der Waals surface area contributed by atoms with E-state index < -0.39 is 0 Å². The third-order valence-electron chi connectivity index (χ3n) is 2.86. The van der Waals surface area contributed by atoms with Crippen LogP contribution in [-0.4, -0.2) is 18.1 Å². The molecule has 4 heteroatoms. The van der Waals surface area contributed by atoms with E-state index in [-0.39, 0.29) is 5.82 Å². The van der Waals surface area contributed by atoms with Gasteiger partial charge < -0.3 is 0 Å². The average molecular weight is 243 g/mol. The zero-order valence-electron chi connectivity index (χ0n) is 9.18. The standard InChI is InChI=1S/C12H16ClFN2/c13-12-8-11(14)5-4-10(12)9-15-16-6-2-1-3-7-16/h4-5,8,15H,1-3,6-7,9H2. The van der Waals surface area contributed by atoms with E-state index >= 15 is 0 Å². The summed E-state index contributed by atoms with van der Waals surface area (Å²) >= 11 is 5.95. The summed E-state index contributed by atoms with van der Waals surface area (Å²) in [4.78, 5) is 0. The van der Waals surface area contributed by atoms with Crippen molar-refractivity contribution in [2.24, 2.45) is 0 Å². The first-order valence-electron chi connectivity index (χ1n) is 5.68. The Labute approximate surface area is 100 Å². The molecule has 2 rings (SSSR count). The van der Waals surface area contributed by atoms with Gasteiger partial charge in [-0.2, -0.15) is 0 Å². The molecule has 1 aliphatic rings. The van der Waals surface area contributed by atoms with Gasteiger partial charge in [-0.3, -0.25) is 5.43 Å². The summed E-state index contributed by atoms with van der Waals surface area (Å²) in [6, 6.07) is 4.53. The van der Waals surface area contributed by atoms with Crippen molar-refractivity contribution in [1.82, 2.24) is 10.4 Å². The molecule has 0 unspecified atom stereocenters. The van der Waals surface area contributed by atoms with Crippen LogP contribution in [0.4, 0.5) is 4.39 Å². The highest BCUT2D eigenvalue weighted by Gasteiger charge is 2.10. The molecule has 16 heavy (non-hydrogen) atoms. The van der Waals surface area contributed by atoms with Gasteiger partial charge in [-0.05, 0) is 30.5 Å². The van der Waals surface area contributed by atoms with E-state index in [4.69, 9.17) is 11.6 Å². The van der Waals surface area contributed by atoms with Crippen LogP contribution in [0.3, 0.4) is 0 Å². The van der Waals surface area contributed by atoms with Crippen molar-refractivity contribution in [3.8, 4) is 0 Å². The topological polar surface area (TPSA) is 15.3 Å². The molecule has 0 amide bonds. The van der Waals surface area contributed by atoms with Gasteiger partial charge in [-0.1, -0.05) is 24.1 Å². The largest absolute Gasteiger partial charge is 0.251 e. The minimum absolute atomic E-state index is 0.285. The number of hydrogen-bond acceptors (Lipinski definition) is 2. The van der Waals surface area contributed by atoms with Gasteiger partial charge in [0.25, 0.3) is 0 Å². The summed E-state index contributed by atoms with van der Waals surface area (Å²) in [5.74, 6) is -0.285. The van der Waals surface area contributed by atoms with E-state index in [2.05, 4.69) is 10.4 Å². The molecule has 1 fully saturated rings. The lowest BCUT2D eigenvalue weighted by Crippen LogP contribution is -2.41. The van der Waals surface area contributed by atoms with Crippen LogP contribution < -0.4 is 5.43 Å². The van der Waals surface area contributed by atoms with Crippen LogP contribution in [0.5, 0.6) is 0 Å². The molecule has 1 heterocycles. The van der Waals surface area contributed by atoms with Crippen LogP contribution in [0, 0.1) is 5.82 Å². The Morgan fingerprint density at radius 1 is 1.25 bits per heavy atom. The van der Waals surface area contributed by atoms with Crippen LogP contribution in [0.25, 0.3) is 0 Å². The SMILES string of the molecule is Fc1ccc(CNN2CCCCC2)c(Cl)c1. The van der Waals surface area contributed by atoms with Gasteiger partial charge in [0.05, 0.1) is 0 Å². The second-order valence-electron chi connectivity index (χ2n) is 4.12. The number of hydrazine groups is 1. The lowest BCUT2D eigenvalue weighted by Gasteiger charge is -2.27. The van der Waals surface area contributed by atoms with Crippen molar-refractivity contribution in [3.05, 3.63) is 34.6 Å². The summed E-state index contributed by atoms with van der Waals surface area (Å²) in [5.41, 5.74) is 4.26. The Hall–Kier alpha value is -0.640. The lowest BCUT2D eigenvalue weighted by atomic mass is 10.2. The number of hydrogen-bond donors (Lipinski definition) is 1. The number of piperidine rings is 1. The fourth-order valence-corrected chi connectivity index (χ4v) is 2.15. The minimum atomic E-state index is -0.285. The molecule has 1 aromatic carbocycles. The van der Waals surface area contributed by atoms with Crippen LogP contribution >= 0.6 is 11.6 Å². The highest BCUT2D eigenvalue weighted by molar-refractivity contribution is 6.31. The fraction of sp³-hybridized carbons (Fsp3) is 0.500. The number of nitrogens with zero attached hydrogens (tertiary/aromatic N) is 1. The summed E-state index contributed by atoms with van der Waals surface area (Å²) in [6.45, 7) is 2.83. The zero-order chi connectivity index (χ0) is 11.4. The molecule has 0 aromatic heterocycles. The van der Waals surface area contributed by atoms with Crippen LogP contribution in [-0.2, 0) is 6.54 Å². The highest BCUT2D eigenvalue weighted by atomic mass is 35.5. The molecule has 1 aliphatic heterocycles. The first kappa shape index (κ1) is 11.8. The van der Waals surface area contributed by atoms with Crippen molar-refractivity contribution < 1.29 is 4.39 Å². The molecule has 0 atom stereocenters. The van der Waals surface area contributed by atoms with Crippen molar-refractivity contribution in [2.75, 3.05) is 13.1 Å². The van der Waals surface area contributed by atoms with Gasteiger partial charge in [0.1, 0.15) is 5.82 Å². The van der Waals surface area contributed by atoms with E-state index in [0.717, 1.165) is 18.7 Å². The summed E-state index contributed by atoms with van der Waals surface area (Å²) in [7, 11) is 0. The molecule has 1 saturated heterocycles. The lowest BCUT2D eigenvalue weighted by molar-refractivity contribution is 0.151. The summed E-state index contributed by atoms with van der Waals surface area (Å²) in [5, 5.41) is 2.70. The van der Waals surface area contributed by atoms with Crippen LogP contribution in [0.1, 0.15) is 24.8 Å².